The van der Waals surface area contributed by atoms with Crippen LogP contribution in [0.4, 0.5) is 0 Å². The molecule has 0 radical (unpaired) electrons. The molecular weight excluding hydrogens is 417 g/mol. The van der Waals surface area contributed by atoms with Gasteiger partial charge in [0.05, 0.1) is 6.26 Å². The number of sulfonamides is 1. The molecule has 0 unspecified atom stereocenters. The van der Waals surface area contributed by atoms with Crippen LogP contribution in [0.1, 0.15) is 24.7 Å². The van der Waals surface area contributed by atoms with Gasteiger partial charge in [0.2, 0.25) is 21.7 Å². The van der Waals surface area contributed by atoms with Crippen molar-refractivity contribution in [2.24, 2.45) is 0 Å². The maximum absolute atomic E-state index is 11.5. The SMILES string of the molecule is CS(=O)(=O)N1CCC(c2nc(-c3ccc(I)cc3)no2)CC1. The van der Waals surface area contributed by atoms with E-state index in [1.54, 1.807) is 0 Å². The minimum Gasteiger partial charge on any atom is -0.339 e. The maximum Gasteiger partial charge on any atom is 0.230 e. The van der Waals surface area contributed by atoms with Crippen molar-refractivity contribution >= 4 is 32.6 Å². The minimum absolute atomic E-state index is 0.128. The summed E-state index contributed by atoms with van der Waals surface area (Å²) in [5, 5.41) is 4.04. The third-order valence-electron chi connectivity index (χ3n) is 3.82. The van der Waals surface area contributed by atoms with Crippen LogP contribution in [-0.4, -0.2) is 42.2 Å². The van der Waals surface area contributed by atoms with Crippen molar-refractivity contribution in [3.63, 3.8) is 0 Å². The number of halogens is 1. The number of hydrogen-bond donors (Lipinski definition) is 0. The van der Waals surface area contributed by atoms with Gasteiger partial charge in [-0.2, -0.15) is 4.98 Å². The second-order valence-corrected chi connectivity index (χ2v) is 8.63. The van der Waals surface area contributed by atoms with Crippen molar-refractivity contribution in [2.45, 2.75) is 18.8 Å². The fourth-order valence-corrected chi connectivity index (χ4v) is 3.79. The summed E-state index contributed by atoms with van der Waals surface area (Å²) in [5.41, 5.74) is 0.920. The van der Waals surface area contributed by atoms with Crippen LogP contribution >= 0.6 is 22.6 Å². The molecule has 1 aliphatic rings. The first-order valence-electron chi connectivity index (χ1n) is 6.98. The first kappa shape index (κ1) is 15.9. The van der Waals surface area contributed by atoms with Gasteiger partial charge in [-0.05, 0) is 47.6 Å². The molecular formula is C14H16IN3O3S. The predicted octanol–water partition coefficient (Wildman–Crippen LogP) is 2.48. The van der Waals surface area contributed by atoms with Crippen molar-refractivity contribution in [3.8, 4) is 11.4 Å². The third-order valence-corrected chi connectivity index (χ3v) is 5.84. The quantitative estimate of drug-likeness (QED) is 0.696. The zero-order valence-electron chi connectivity index (χ0n) is 12.1. The number of hydrogen-bond acceptors (Lipinski definition) is 5. The van der Waals surface area contributed by atoms with E-state index in [1.807, 2.05) is 24.3 Å². The van der Waals surface area contributed by atoms with Gasteiger partial charge in [-0.1, -0.05) is 17.3 Å². The van der Waals surface area contributed by atoms with Crippen LogP contribution in [-0.2, 0) is 10.0 Å². The van der Waals surface area contributed by atoms with E-state index in [4.69, 9.17) is 4.52 Å². The van der Waals surface area contributed by atoms with Crippen molar-refractivity contribution in [2.75, 3.05) is 19.3 Å². The number of nitrogens with zero attached hydrogens (tertiary/aromatic N) is 3. The molecule has 0 aliphatic carbocycles. The van der Waals surface area contributed by atoms with E-state index in [1.165, 1.54) is 10.6 Å². The van der Waals surface area contributed by atoms with Gasteiger partial charge in [-0.25, -0.2) is 12.7 Å². The number of aromatic nitrogens is 2. The summed E-state index contributed by atoms with van der Waals surface area (Å²) in [6.07, 6.45) is 2.66. The minimum atomic E-state index is -3.11. The van der Waals surface area contributed by atoms with E-state index in [9.17, 15) is 8.42 Å². The molecule has 1 saturated heterocycles. The molecule has 22 heavy (non-hydrogen) atoms. The summed E-state index contributed by atoms with van der Waals surface area (Å²) >= 11 is 2.25. The Hall–Kier alpha value is -1.00. The number of piperidine rings is 1. The van der Waals surface area contributed by atoms with E-state index in [0.29, 0.717) is 37.6 Å². The fraction of sp³-hybridized carbons (Fsp3) is 0.429. The fourth-order valence-electron chi connectivity index (χ4n) is 2.55. The lowest BCUT2D eigenvalue weighted by Crippen LogP contribution is -2.37. The summed E-state index contributed by atoms with van der Waals surface area (Å²) in [4.78, 5) is 4.47. The summed E-state index contributed by atoms with van der Waals surface area (Å²) in [5.74, 6) is 1.31. The summed E-state index contributed by atoms with van der Waals surface area (Å²) in [7, 11) is -3.11. The van der Waals surface area contributed by atoms with Gasteiger partial charge in [0, 0.05) is 28.1 Å². The molecule has 0 saturated carbocycles. The molecule has 0 atom stereocenters. The molecule has 0 N–H and O–H groups in total. The van der Waals surface area contributed by atoms with Crippen LogP contribution in [0.3, 0.4) is 0 Å². The Morgan fingerprint density at radius 2 is 1.86 bits per heavy atom. The van der Waals surface area contributed by atoms with Crippen LogP contribution < -0.4 is 0 Å². The highest BCUT2D eigenvalue weighted by Gasteiger charge is 2.29. The Bertz CT molecular complexity index is 750. The first-order valence-corrected chi connectivity index (χ1v) is 9.91. The average molecular weight is 433 g/mol. The molecule has 0 bridgehead atoms. The highest BCUT2D eigenvalue weighted by Crippen LogP contribution is 2.29. The van der Waals surface area contributed by atoms with Crippen LogP contribution in [0.2, 0.25) is 0 Å². The van der Waals surface area contributed by atoms with Crippen molar-refractivity contribution in [3.05, 3.63) is 33.7 Å². The molecule has 3 rings (SSSR count). The number of rotatable bonds is 3. The molecule has 6 nitrogen and oxygen atoms in total. The van der Waals surface area contributed by atoms with Gasteiger partial charge < -0.3 is 4.52 Å². The molecule has 2 aromatic rings. The van der Waals surface area contributed by atoms with Gasteiger partial charge in [-0.3, -0.25) is 0 Å². The lowest BCUT2D eigenvalue weighted by atomic mass is 9.98. The van der Waals surface area contributed by atoms with Gasteiger partial charge in [0.15, 0.2) is 0 Å². The van der Waals surface area contributed by atoms with E-state index >= 15 is 0 Å². The summed E-state index contributed by atoms with van der Waals surface area (Å²) in [6, 6.07) is 7.92. The highest BCUT2D eigenvalue weighted by molar-refractivity contribution is 14.1. The van der Waals surface area contributed by atoms with Crippen molar-refractivity contribution in [1.82, 2.24) is 14.4 Å². The Kier molecular flexibility index (Phi) is 4.51. The average Bonchev–Trinajstić information content (AvgIpc) is 2.97. The van der Waals surface area contributed by atoms with E-state index in [2.05, 4.69) is 32.7 Å². The zero-order chi connectivity index (χ0) is 15.7. The van der Waals surface area contributed by atoms with Gasteiger partial charge >= 0.3 is 0 Å². The van der Waals surface area contributed by atoms with Crippen LogP contribution in [0.5, 0.6) is 0 Å². The van der Waals surface area contributed by atoms with Gasteiger partial charge in [0.1, 0.15) is 0 Å². The Labute approximate surface area is 143 Å². The largest absolute Gasteiger partial charge is 0.339 e. The van der Waals surface area contributed by atoms with Gasteiger partial charge in [0.25, 0.3) is 0 Å². The van der Waals surface area contributed by atoms with Crippen molar-refractivity contribution in [1.29, 1.82) is 0 Å². The van der Waals surface area contributed by atoms with Gasteiger partial charge in [-0.15, -0.1) is 0 Å². The topological polar surface area (TPSA) is 76.3 Å². The predicted molar refractivity (Wildman–Crippen MR) is 90.8 cm³/mol. The lowest BCUT2D eigenvalue weighted by Gasteiger charge is -2.28. The Morgan fingerprint density at radius 1 is 1.23 bits per heavy atom. The molecule has 1 aliphatic heterocycles. The molecule has 1 aromatic heterocycles. The summed E-state index contributed by atoms with van der Waals surface area (Å²) < 4.78 is 31.1. The Balaban J connectivity index is 1.71. The first-order chi connectivity index (χ1) is 10.4. The molecule has 0 spiro atoms. The third kappa shape index (κ3) is 3.49. The smallest absolute Gasteiger partial charge is 0.230 e. The molecule has 2 heterocycles. The molecule has 1 aromatic carbocycles. The van der Waals surface area contributed by atoms with Crippen molar-refractivity contribution < 1.29 is 12.9 Å². The zero-order valence-corrected chi connectivity index (χ0v) is 15.0. The summed E-state index contributed by atoms with van der Waals surface area (Å²) in [6.45, 7) is 1.01. The number of benzene rings is 1. The maximum atomic E-state index is 11.5. The van der Waals surface area contributed by atoms with E-state index < -0.39 is 10.0 Å². The van der Waals surface area contributed by atoms with E-state index in [0.717, 1.165) is 9.13 Å². The van der Waals surface area contributed by atoms with Crippen LogP contribution in [0, 0.1) is 3.57 Å². The molecule has 118 valence electrons. The molecule has 8 heteroatoms. The Morgan fingerprint density at radius 3 is 2.45 bits per heavy atom. The highest BCUT2D eigenvalue weighted by atomic mass is 127. The van der Waals surface area contributed by atoms with Crippen LogP contribution in [0.15, 0.2) is 28.8 Å². The normalized spacial score (nSPS) is 17.7. The monoisotopic (exact) mass is 433 g/mol. The lowest BCUT2D eigenvalue weighted by molar-refractivity contribution is 0.271. The standard InChI is InChI=1S/C14H16IN3O3S/c1-22(19,20)18-8-6-11(7-9-18)14-16-13(17-21-14)10-2-4-12(15)5-3-10/h2-5,11H,6-9H2,1H3. The molecule has 1 fully saturated rings. The van der Waals surface area contributed by atoms with Crippen LogP contribution in [0.25, 0.3) is 11.4 Å². The molecule has 0 amide bonds. The second kappa shape index (κ2) is 6.25. The van der Waals surface area contributed by atoms with E-state index in [-0.39, 0.29) is 5.92 Å². The second-order valence-electron chi connectivity index (χ2n) is 5.40.